The van der Waals surface area contributed by atoms with Gasteiger partial charge in [0.15, 0.2) is 0 Å². The highest BCUT2D eigenvalue weighted by molar-refractivity contribution is 6.46. The first-order chi connectivity index (χ1) is 15.3. The predicted octanol–water partition coefficient (Wildman–Crippen LogP) is 6.08. The van der Waals surface area contributed by atoms with E-state index in [1.807, 2.05) is 81.1 Å². The summed E-state index contributed by atoms with van der Waals surface area (Å²) in [5.41, 5.74) is 5.92. The first kappa shape index (κ1) is 21.8. The van der Waals surface area contributed by atoms with Crippen LogP contribution in [-0.2, 0) is 9.59 Å². The van der Waals surface area contributed by atoms with Gasteiger partial charge in [-0.05, 0) is 80.3 Å². The van der Waals surface area contributed by atoms with E-state index in [9.17, 15) is 9.59 Å². The lowest BCUT2D eigenvalue weighted by molar-refractivity contribution is -0.120. The highest BCUT2D eigenvalue weighted by atomic mass is 35.5. The SMILES string of the molecule is CCN(C1=C(c2ccc(C)c(C)c2)C(=O)N(c2ccc(Cl)cc2C)C1=O)c1ccccc1. The number of para-hydroxylation sites is 1. The maximum absolute atomic E-state index is 13.8. The minimum absolute atomic E-state index is 0.326. The van der Waals surface area contributed by atoms with Crippen molar-refractivity contribution in [3.63, 3.8) is 0 Å². The molecule has 0 N–H and O–H groups in total. The van der Waals surface area contributed by atoms with Crippen molar-refractivity contribution in [1.29, 1.82) is 0 Å². The molecule has 1 aliphatic rings. The molecule has 2 amide bonds. The number of aryl methyl sites for hydroxylation is 3. The molecule has 0 radical (unpaired) electrons. The number of rotatable bonds is 5. The molecule has 32 heavy (non-hydrogen) atoms. The van der Waals surface area contributed by atoms with E-state index in [2.05, 4.69) is 0 Å². The Morgan fingerprint density at radius 1 is 0.812 bits per heavy atom. The Morgan fingerprint density at radius 2 is 1.53 bits per heavy atom. The summed E-state index contributed by atoms with van der Waals surface area (Å²) in [6.45, 7) is 8.41. The number of carbonyl (C=O) groups excluding carboxylic acids is 2. The van der Waals surface area contributed by atoms with Crippen LogP contribution in [0, 0.1) is 20.8 Å². The van der Waals surface area contributed by atoms with Crippen LogP contribution < -0.4 is 9.80 Å². The molecule has 0 bridgehead atoms. The second-order valence-electron chi connectivity index (χ2n) is 7.98. The summed E-state index contributed by atoms with van der Waals surface area (Å²) >= 11 is 6.13. The van der Waals surface area contributed by atoms with E-state index in [4.69, 9.17) is 11.6 Å². The second kappa shape index (κ2) is 8.64. The van der Waals surface area contributed by atoms with Gasteiger partial charge in [-0.1, -0.05) is 48.0 Å². The summed E-state index contributed by atoms with van der Waals surface area (Å²) in [5, 5.41) is 0.562. The highest BCUT2D eigenvalue weighted by Crippen LogP contribution is 2.38. The zero-order valence-electron chi connectivity index (χ0n) is 18.6. The van der Waals surface area contributed by atoms with Crippen molar-refractivity contribution >= 4 is 40.4 Å². The zero-order chi connectivity index (χ0) is 23.0. The number of amides is 2. The molecule has 0 unspecified atom stereocenters. The summed E-state index contributed by atoms with van der Waals surface area (Å²) in [4.78, 5) is 30.8. The zero-order valence-corrected chi connectivity index (χ0v) is 19.4. The van der Waals surface area contributed by atoms with Gasteiger partial charge in [-0.15, -0.1) is 0 Å². The fourth-order valence-electron chi connectivity index (χ4n) is 4.09. The summed E-state index contributed by atoms with van der Waals surface area (Å²) in [5.74, 6) is -0.660. The van der Waals surface area contributed by atoms with Gasteiger partial charge in [0.1, 0.15) is 5.70 Å². The molecule has 1 heterocycles. The highest BCUT2D eigenvalue weighted by Gasteiger charge is 2.43. The van der Waals surface area contributed by atoms with Gasteiger partial charge < -0.3 is 4.90 Å². The Kier molecular flexibility index (Phi) is 5.90. The van der Waals surface area contributed by atoms with Gasteiger partial charge in [-0.2, -0.15) is 0 Å². The van der Waals surface area contributed by atoms with Gasteiger partial charge in [0.25, 0.3) is 11.8 Å². The molecule has 162 valence electrons. The Balaban J connectivity index is 1.94. The van der Waals surface area contributed by atoms with E-state index >= 15 is 0 Å². The van der Waals surface area contributed by atoms with Gasteiger partial charge in [-0.3, -0.25) is 9.59 Å². The largest absolute Gasteiger partial charge is 0.337 e. The van der Waals surface area contributed by atoms with Crippen LogP contribution in [0.15, 0.2) is 72.4 Å². The van der Waals surface area contributed by atoms with Gasteiger partial charge in [0.05, 0.1) is 11.3 Å². The number of nitrogens with zero attached hydrogens (tertiary/aromatic N) is 2. The number of halogens is 1. The number of imide groups is 1. The Labute approximate surface area is 193 Å². The van der Waals surface area contributed by atoms with Crippen LogP contribution in [0.25, 0.3) is 5.57 Å². The smallest absolute Gasteiger partial charge is 0.282 e. The minimum Gasteiger partial charge on any atom is -0.337 e. The normalized spacial score (nSPS) is 13.8. The maximum atomic E-state index is 13.8. The third kappa shape index (κ3) is 3.71. The van der Waals surface area contributed by atoms with Crippen molar-refractivity contribution in [3.8, 4) is 0 Å². The molecular weight excluding hydrogens is 420 g/mol. The van der Waals surface area contributed by atoms with Crippen LogP contribution in [-0.4, -0.2) is 18.4 Å². The van der Waals surface area contributed by atoms with E-state index in [1.165, 1.54) is 4.90 Å². The molecule has 0 fully saturated rings. The van der Waals surface area contributed by atoms with Crippen molar-refractivity contribution in [3.05, 3.63) is 99.7 Å². The van der Waals surface area contributed by atoms with E-state index < -0.39 is 0 Å². The predicted molar refractivity (Wildman–Crippen MR) is 131 cm³/mol. The van der Waals surface area contributed by atoms with Gasteiger partial charge in [0, 0.05) is 17.3 Å². The van der Waals surface area contributed by atoms with Crippen molar-refractivity contribution in [2.24, 2.45) is 0 Å². The number of carbonyl (C=O) groups is 2. The Hall–Kier alpha value is -3.37. The lowest BCUT2D eigenvalue weighted by atomic mass is 9.99. The standard InChI is InChI=1S/C27H25ClN2O2/c1-5-29(22-9-7-6-8-10-22)25-24(20-12-11-17(2)18(3)15-20)26(31)30(27(25)32)23-14-13-21(28)16-19(23)4/h6-16H,5H2,1-4H3. The third-order valence-electron chi connectivity index (χ3n) is 5.91. The number of hydrogen-bond donors (Lipinski definition) is 0. The van der Waals surface area contributed by atoms with Crippen molar-refractivity contribution in [2.75, 3.05) is 16.3 Å². The topological polar surface area (TPSA) is 40.6 Å². The van der Waals surface area contributed by atoms with Crippen LogP contribution in [0.1, 0.15) is 29.2 Å². The summed E-state index contributed by atoms with van der Waals surface area (Å²) < 4.78 is 0. The molecule has 0 aliphatic carbocycles. The quantitative estimate of drug-likeness (QED) is 0.448. The third-order valence-corrected chi connectivity index (χ3v) is 6.14. The molecule has 5 heteroatoms. The van der Waals surface area contributed by atoms with Crippen LogP contribution in [0.3, 0.4) is 0 Å². The van der Waals surface area contributed by atoms with Gasteiger partial charge in [0.2, 0.25) is 0 Å². The second-order valence-corrected chi connectivity index (χ2v) is 8.42. The molecule has 0 spiro atoms. The Bertz CT molecular complexity index is 1250. The number of anilines is 2. The van der Waals surface area contributed by atoms with E-state index in [0.29, 0.717) is 28.5 Å². The molecule has 3 aromatic carbocycles. The van der Waals surface area contributed by atoms with Crippen molar-refractivity contribution in [1.82, 2.24) is 0 Å². The average molecular weight is 445 g/mol. The number of hydrogen-bond acceptors (Lipinski definition) is 3. The van der Waals surface area contributed by atoms with Crippen LogP contribution in [0.2, 0.25) is 5.02 Å². The number of likely N-dealkylation sites (N-methyl/N-ethyl adjacent to an activating group) is 1. The van der Waals surface area contributed by atoms with Crippen LogP contribution in [0.5, 0.6) is 0 Å². The fourth-order valence-corrected chi connectivity index (χ4v) is 4.32. The molecule has 4 nitrogen and oxygen atoms in total. The number of benzene rings is 3. The lowest BCUT2D eigenvalue weighted by Crippen LogP contribution is -2.35. The molecular formula is C27H25ClN2O2. The average Bonchev–Trinajstić information content (AvgIpc) is 3.02. The van der Waals surface area contributed by atoms with Gasteiger partial charge >= 0.3 is 0 Å². The molecule has 0 saturated carbocycles. The van der Waals surface area contributed by atoms with E-state index in [0.717, 1.165) is 27.9 Å². The summed E-state index contributed by atoms with van der Waals surface area (Å²) in [6.07, 6.45) is 0. The van der Waals surface area contributed by atoms with Gasteiger partial charge in [-0.25, -0.2) is 4.90 Å². The minimum atomic E-state index is -0.334. The molecule has 0 aromatic heterocycles. The van der Waals surface area contributed by atoms with E-state index in [1.54, 1.807) is 18.2 Å². The van der Waals surface area contributed by atoms with Crippen molar-refractivity contribution in [2.45, 2.75) is 27.7 Å². The molecule has 4 rings (SSSR count). The molecule has 0 atom stereocenters. The van der Waals surface area contributed by atoms with Crippen LogP contribution in [0.4, 0.5) is 11.4 Å². The molecule has 3 aromatic rings. The first-order valence-electron chi connectivity index (χ1n) is 10.6. The van der Waals surface area contributed by atoms with E-state index in [-0.39, 0.29) is 11.8 Å². The lowest BCUT2D eigenvalue weighted by Gasteiger charge is -2.25. The monoisotopic (exact) mass is 444 g/mol. The van der Waals surface area contributed by atoms with Crippen molar-refractivity contribution < 1.29 is 9.59 Å². The fraction of sp³-hybridized carbons (Fsp3) is 0.185. The Morgan fingerprint density at radius 3 is 2.16 bits per heavy atom. The molecule has 1 aliphatic heterocycles. The first-order valence-corrected chi connectivity index (χ1v) is 11.0. The van der Waals surface area contributed by atoms with Crippen LogP contribution >= 0.6 is 11.6 Å². The molecule has 0 saturated heterocycles. The summed E-state index contributed by atoms with van der Waals surface area (Å²) in [7, 11) is 0. The summed E-state index contributed by atoms with van der Waals surface area (Å²) in [6, 6.07) is 20.8. The maximum Gasteiger partial charge on any atom is 0.282 e.